The van der Waals surface area contributed by atoms with Crippen molar-refractivity contribution in [2.45, 2.75) is 76.9 Å². The third kappa shape index (κ3) is 4.15. The van der Waals surface area contributed by atoms with Crippen LogP contribution in [0.4, 0.5) is 0 Å². The van der Waals surface area contributed by atoms with Crippen molar-refractivity contribution < 1.29 is 14.6 Å². The molecule has 1 aromatic heterocycles. The topological polar surface area (TPSA) is 75.6 Å². The van der Waals surface area contributed by atoms with Crippen LogP contribution in [0.1, 0.15) is 69.9 Å². The summed E-state index contributed by atoms with van der Waals surface area (Å²) in [6.07, 6.45) is 4.88. The molecule has 3 aromatic carbocycles. The smallest absolute Gasteiger partial charge is 0.226 e. The number of rotatable bonds is 2. The van der Waals surface area contributed by atoms with E-state index >= 15 is 0 Å². The number of piperidine rings is 1. The quantitative estimate of drug-likeness (QED) is 0.252. The molecule has 39 heavy (non-hydrogen) atoms. The molecule has 3 atom stereocenters. The number of amides is 1. The highest BCUT2D eigenvalue weighted by molar-refractivity contribution is 6.11. The van der Waals surface area contributed by atoms with Gasteiger partial charge in [0.1, 0.15) is 11.4 Å². The predicted octanol–water partition coefficient (Wildman–Crippen LogP) is 6.15. The molecule has 1 saturated carbocycles. The fourth-order valence-electron chi connectivity index (χ4n) is 7.45. The number of hydrogen-bond donors (Lipinski definition) is 1. The summed E-state index contributed by atoms with van der Waals surface area (Å²) in [6, 6.07) is 14.5. The van der Waals surface area contributed by atoms with Crippen molar-refractivity contribution in [3.8, 4) is 5.75 Å². The third-order valence-electron chi connectivity index (χ3n) is 9.57. The number of hydrogen-bond acceptors (Lipinski definition) is 5. The van der Waals surface area contributed by atoms with Crippen molar-refractivity contribution in [1.29, 1.82) is 0 Å². The van der Waals surface area contributed by atoms with Gasteiger partial charge in [-0.15, -0.1) is 0 Å². The van der Waals surface area contributed by atoms with Crippen molar-refractivity contribution in [3.05, 3.63) is 53.6 Å². The maximum absolute atomic E-state index is 13.0. The Bertz CT molecular complexity index is 1600. The zero-order chi connectivity index (χ0) is 26.9. The molecule has 2 fully saturated rings. The highest BCUT2D eigenvalue weighted by Crippen LogP contribution is 2.56. The van der Waals surface area contributed by atoms with Gasteiger partial charge in [-0.25, -0.2) is 9.97 Å². The van der Waals surface area contributed by atoms with E-state index in [4.69, 9.17) is 14.7 Å². The number of nitrogens with zero attached hydrogens (tertiary/aromatic N) is 3. The van der Waals surface area contributed by atoms with Crippen molar-refractivity contribution >= 4 is 38.7 Å². The highest BCUT2D eigenvalue weighted by atomic mass is 16.5. The second-order valence-corrected chi connectivity index (χ2v) is 12.7. The van der Waals surface area contributed by atoms with Crippen molar-refractivity contribution in [2.24, 2.45) is 11.8 Å². The summed E-state index contributed by atoms with van der Waals surface area (Å²) in [5.74, 6) is 2.57. The van der Waals surface area contributed by atoms with Crippen LogP contribution in [-0.2, 0) is 11.2 Å². The van der Waals surface area contributed by atoms with E-state index in [0.29, 0.717) is 50.1 Å². The van der Waals surface area contributed by atoms with Crippen molar-refractivity contribution in [3.63, 3.8) is 0 Å². The molecule has 202 valence electrons. The van der Waals surface area contributed by atoms with Crippen LogP contribution in [0.5, 0.6) is 5.75 Å². The van der Waals surface area contributed by atoms with Crippen LogP contribution in [0.15, 0.2) is 42.5 Å². The molecule has 1 saturated heterocycles. The van der Waals surface area contributed by atoms with Gasteiger partial charge in [0, 0.05) is 35.3 Å². The molecule has 1 N–H and O–H groups in total. The number of fused-ring (bicyclic) bond motifs is 9. The summed E-state index contributed by atoms with van der Waals surface area (Å²) in [4.78, 5) is 25.4. The van der Waals surface area contributed by atoms with E-state index in [0.717, 1.165) is 57.0 Å². The molecular weight excluding hydrogens is 486 g/mol. The number of likely N-dealkylation sites (tertiary alicyclic amines) is 1. The van der Waals surface area contributed by atoms with E-state index in [1.165, 1.54) is 12.0 Å². The van der Waals surface area contributed by atoms with Crippen LogP contribution >= 0.6 is 0 Å². The Kier molecular flexibility index (Phi) is 5.81. The molecule has 3 aliphatic rings. The number of benzene rings is 3. The Hall–Kier alpha value is -3.25. The van der Waals surface area contributed by atoms with Crippen LogP contribution in [-0.4, -0.2) is 50.7 Å². The van der Waals surface area contributed by atoms with Gasteiger partial charge in [0.2, 0.25) is 5.91 Å². The zero-order valence-corrected chi connectivity index (χ0v) is 23.1. The average Bonchev–Trinajstić information content (AvgIpc) is 2.92. The molecular formula is C33H37N3O3. The van der Waals surface area contributed by atoms with E-state index in [1.807, 2.05) is 23.1 Å². The summed E-state index contributed by atoms with van der Waals surface area (Å²) < 4.78 is 6.87. The largest absolute Gasteiger partial charge is 0.487 e. The van der Waals surface area contributed by atoms with Gasteiger partial charge in [-0.3, -0.25) is 4.79 Å². The minimum atomic E-state index is -0.290. The lowest BCUT2D eigenvalue weighted by atomic mass is 9.64. The summed E-state index contributed by atoms with van der Waals surface area (Å²) in [5, 5.41) is 12.0. The van der Waals surface area contributed by atoms with E-state index in [2.05, 4.69) is 45.0 Å². The lowest BCUT2D eigenvalue weighted by molar-refractivity contribution is -0.132. The predicted molar refractivity (Wildman–Crippen MR) is 154 cm³/mol. The first-order valence-electron chi connectivity index (χ1n) is 14.6. The van der Waals surface area contributed by atoms with Crippen LogP contribution < -0.4 is 4.74 Å². The van der Waals surface area contributed by atoms with Crippen molar-refractivity contribution in [1.82, 2.24) is 14.9 Å². The van der Waals surface area contributed by atoms with E-state index in [-0.39, 0.29) is 17.6 Å². The van der Waals surface area contributed by atoms with Crippen LogP contribution in [0.3, 0.4) is 0 Å². The molecule has 0 unspecified atom stereocenters. The van der Waals surface area contributed by atoms with Gasteiger partial charge in [-0.05, 0) is 69.1 Å². The fraction of sp³-hybridized carbons (Fsp3) is 0.485. The van der Waals surface area contributed by atoms with Crippen LogP contribution in [0.25, 0.3) is 32.8 Å². The molecule has 0 bridgehead atoms. The minimum absolute atomic E-state index is 0.105. The SMILES string of the molecule is C[C@H]1CC[C@H]2[C@H](C1)c1c(c3ccccc3c3nc4ccc(CC(=O)N5CCC(O)CC5)cc4nc13)OC2(C)C. The number of ether oxygens (including phenoxy) is 1. The second-order valence-electron chi connectivity index (χ2n) is 12.7. The normalized spacial score (nSPS) is 24.9. The average molecular weight is 524 g/mol. The van der Waals surface area contributed by atoms with Gasteiger partial charge < -0.3 is 14.7 Å². The molecule has 0 spiro atoms. The fourth-order valence-corrected chi connectivity index (χ4v) is 7.45. The maximum Gasteiger partial charge on any atom is 0.226 e. The first-order valence-corrected chi connectivity index (χ1v) is 14.6. The van der Waals surface area contributed by atoms with E-state index in [1.54, 1.807) is 0 Å². The summed E-state index contributed by atoms with van der Waals surface area (Å²) in [6.45, 7) is 8.11. The number of aromatic nitrogens is 2. The van der Waals surface area contributed by atoms with Crippen molar-refractivity contribution in [2.75, 3.05) is 13.1 Å². The second kappa shape index (κ2) is 9.16. The van der Waals surface area contributed by atoms with Gasteiger partial charge in [0.15, 0.2) is 0 Å². The zero-order valence-electron chi connectivity index (χ0n) is 23.1. The Morgan fingerprint density at radius 1 is 1.00 bits per heavy atom. The molecule has 4 aromatic rings. The van der Waals surface area contributed by atoms with Gasteiger partial charge in [-0.1, -0.05) is 43.7 Å². The molecule has 6 nitrogen and oxygen atoms in total. The van der Waals surface area contributed by atoms with Gasteiger partial charge >= 0.3 is 0 Å². The molecule has 1 amide bonds. The minimum Gasteiger partial charge on any atom is -0.487 e. The monoisotopic (exact) mass is 523 g/mol. The van der Waals surface area contributed by atoms with Crippen LogP contribution in [0.2, 0.25) is 0 Å². The number of aliphatic hydroxyl groups is 1. The first kappa shape index (κ1) is 24.8. The lowest BCUT2D eigenvalue weighted by Gasteiger charge is -2.49. The first-order chi connectivity index (χ1) is 18.8. The molecule has 1 aliphatic carbocycles. The number of carbonyl (C=O) groups is 1. The standard InChI is InChI=1S/C33H37N3O3/c1-19-8-10-25-24(16-19)29-31-30(22-6-4-5-7-23(22)32(29)39-33(25,2)3)34-26-11-9-20(17-27(26)35-31)18-28(38)36-14-12-21(37)13-15-36/h4-7,9,11,17,19,21,24-25,37H,8,10,12-16,18H2,1-3H3/t19-,24-,25-/m0/s1. The maximum atomic E-state index is 13.0. The van der Waals surface area contributed by atoms with Gasteiger partial charge in [0.25, 0.3) is 0 Å². The summed E-state index contributed by atoms with van der Waals surface area (Å²) in [5.41, 5.74) is 5.49. The summed E-state index contributed by atoms with van der Waals surface area (Å²) in [7, 11) is 0. The van der Waals surface area contributed by atoms with E-state index < -0.39 is 0 Å². The Balaban J connectivity index is 1.37. The molecule has 2 aliphatic heterocycles. The lowest BCUT2D eigenvalue weighted by Crippen LogP contribution is -2.46. The summed E-state index contributed by atoms with van der Waals surface area (Å²) >= 11 is 0. The molecule has 3 heterocycles. The molecule has 6 heteroatoms. The number of carbonyl (C=O) groups excluding carboxylic acids is 1. The third-order valence-corrected chi connectivity index (χ3v) is 9.57. The van der Waals surface area contributed by atoms with Gasteiger partial charge in [0.05, 0.1) is 34.6 Å². The van der Waals surface area contributed by atoms with Crippen LogP contribution in [0, 0.1) is 11.8 Å². The Morgan fingerprint density at radius 3 is 2.54 bits per heavy atom. The molecule has 7 rings (SSSR count). The molecule has 0 radical (unpaired) electrons. The Labute approximate surface area is 229 Å². The number of aliphatic hydroxyl groups excluding tert-OH is 1. The highest BCUT2D eigenvalue weighted by Gasteiger charge is 2.47. The van der Waals surface area contributed by atoms with Gasteiger partial charge in [-0.2, -0.15) is 0 Å². The van der Waals surface area contributed by atoms with E-state index in [9.17, 15) is 9.90 Å². The Morgan fingerprint density at radius 2 is 1.74 bits per heavy atom.